The first-order valence-corrected chi connectivity index (χ1v) is 6.68. The zero-order chi connectivity index (χ0) is 12.4. The highest BCUT2D eigenvalue weighted by molar-refractivity contribution is 5.81. The molecule has 0 N–H and O–H groups in total. The summed E-state index contributed by atoms with van der Waals surface area (Å²) in [6.07, 6.45) is 7.72. The summed E-state index contributed by atoms with van der Waals surface area (Å²) in [5, 5.41) is 0. The van der Waals surface area contributed by atoms with Crippen molar-refractivity contribution >= 4 is 5.91 Å². The molecule has 0 unspecified atom stereocenters. The van der Waals surface area contributed by atoms with Gasteiger partial charge in [0.2, 0.25) is 5.91 Å². The van der Waals surface area contributed by atoms with Gasteiger partial charge in [-0.2, -0.15) is 0 Å². The van der Waals surface area contributed by atoms with Crippen LogP contribution in [0.4, 0.5) is 0 Å². The molecule has 96 valence electrons. The van der Waals surface area contributed by atoms with Crippen LogP contribution < -0.4 is 4.74 Å². The third-order valence-corrected chi connectivity index (χ3v) is 3.62. The summed E-state index contributed by atoms with van der Waals surface area (Å²) >= 11 is 0. The monoisotopic (exact) mass is 246 g/mol. The number of carbonyl (C=O) groups is 1. The molecule has 1 saturated heterocycles. The summed E-state index contributed by atoms with van der Waals surface area (Å²) in [7, 11) is 0. The van der Waals surface area contributed by atoms with E-state index in [0.717, 1.165) is 44.5 Å². The lowest BCUT2D eigenvalue weighted by Crippen LogP contribution is -2.42. The van der Waals surface area contributed by atoms with Crippen LogP contribution >= 0.6 is 0 Å². The standard InChI is InChI=1S/C14H18N2O2/c17-14(11-3-4-11)16-8-5-12(6-9-16)18-13-2-1-7-15-10-13/h1-2,7,10-12H,3-6,8-9H2. The SMILES string of the molecule is O=C(C1CC1)N1CCC(Oc2cccnc2)CC1. The van der Waals surface area contributed by atoms with Gasteiger partial charge >= 0.3 is 0 Å². The number of hydrogen-bond acceptors (Lipinski definition) is 3. The van der Waals surface area contributed by atoms with Crippen molar-refractivity contribution in [2.45, 2.75) is 31.8 Å². The highest BCUT2D eigenvalue weighted by atomic mass is 16.5. The van der Waals surface area contributed by atoms with Crippen LogP contribution in [0.1, 0.15) is 25.7 Å². The average molecular weight is 246 g/mol. The molecule has 0 spiro atoms. The van der Waals surface area contributed by atoms with Crippen molar-refractivity contribution in [2.24, 2.45) is 5.92 Å². The van der Waals surface area contributed by atoms with Crippen molar-refractivity contribution in [1.82, 2.24) is 9.88 Å². The molecule has 1 aliphatic heterocycles. The summed E-state index contributed by atoms with van der Waals surface area (Å²) in [4.78, 5) is 17.9. The van der Waals surface area contributed by atoms with Gasteiger partial charge in [0.1, 0.15) is 11.9 Å². The van der Waals surface area contributed by atoms with Crippen molar-refractivity contribution in [1.29, 1.82) is 0 Å². The molecule has 1 saturated carbocycles. The Morgan fingerprint density at radius 2 is 2.06 bits per heavy atom. The van der Waals surface area contributed by atoms with Crippen molar-refractivity contribution in [3.63, 3.8) is 0 Å². The van der Waals surface area contributed by atoms with E-state index in [-0.39, 0.29) is 6.10 Å². The van der Waals surface area contributed by atoms with Gasteiger partial charge in [-0.15, -0.1) is 0 Å². The Labute approximate surface area is 107 Å². The number of piperidine rings is 1. The van der Waals surface area contributed by atoms with Crippen LogP contribution in [0, 0.1) is 5.92 Å². The summed E-state index contributed by atoms with van der Waals surface area (Å²) in [5.74, 6) is 1.51. The van der Waals surface area contributed by atoms with Crippen LogP contribution in [-0.2, 0) is 4.79 Å². The van der Waals surface area contributed by atoms with Gasteiger partial charge in [0.15, 0.2) is 0 Å². The summed E-state index contributed by atoms with van der Waals surface area (Å²) in [6.45, 7) is 1.67. The fraction of sp³-hybridized carbons (Fsp3) is 0.571. The Morgan fingerprint density at radius 1 is 1.28 bits per heavy atom. The molecule has 2 aliphatic rings. The number of rotatable bonds is 3. The molecule has 0 aromatic carbocycles. The maximum atomic E-state index is 11.9. The molecule has 0 radical (unpaired) electrons. The Hall–Kier alpha value is -1.58. The second kappa shape index (κ2) is 4.96. The molecule has 3 rings (SSSR count). The van der Waals surface area contributed by atoms with Crippen LogP contribution in [0.15, 0.2) is 24.5 Å². The predicted octanol–water partition coefficient (Wildman–Crippen LogP) is 1.86. The average Bonchev–Trinajstić information content (AvgIpc) is 3.24. The number of hydrogen-bond donors (Lipinski definition) is 0. The van der Waals surface area contributed by atoms with Crippen LogP contribution in [0.25, 0.3) is 0 Å². The number of nitrogens with zero attached hydrogens (tertiary/aromatic N) is 2. The molecule has 1 aromatic rings. The van der Waals surface area contributed by atoms with E-state index in [0.29, 0.717) is 11.8 Å². The maximum Gasteiger partial charge on any atom is 0.225 e. The second-order valence-corrected chi connectivity index (χ2v) is 5.11. The first-order chi connectivity index (χ1) is 8.83. The zero-order valence-corrected chi connectivity index (χ0v) is 10.4. The third-order valence-electron chi connectivity index (χ3n) is 3.62. The van der Waals surface area contributed by atoms with Gasteiger partial charge in [-0.05, 0) is 25.0 Å². The van der Waals surface area contributed by atoms with Gasteiger partial charge in [-0.1, -0.05) is 0 Å². The molecule has 0 atom stereocenters. The molecule has 4 heteroatoms. The molecular weight excluding hydrogens is 228 g/mol. The fourth-order valence-electron chi connectivity index (χ4n) is 2.39. The smallest absolute Gasteiger partial charge is 0.225 e. The Balaban J connectivity index is 1.49. The number of carbonyl (C=O) groups excluding carboxylic acids is 1. The lowest BCUT2D eigenvalue weighted by Gasteiger charge is -2.32. The van der Waals surface area contributed by atoms with E-state index < -0.39 is 0 Å². The highest BCUT2D eigenvalue weighted by Gasteiger charge is 2.35. The van der Waals surface area contributed by atoms with E-state index in [1.54, 1.807) is 12.4 Å². The van der Waals surface area contributed by atoms with Crippen molar-refractivity contribution in [3.05, 3.63) is 24.5 Å². The predicted molar refractivity (Wildman–Crippen MR) is 67.2 cm³/mol. The van der Waals surface area contributed by atoms with E-state index in [1.165, 1.54) is 0 Å². The van der Waals surface area contributed by atoms with Gasteiger partial charge in [-0.3, -0.25) is 9.78 Å². The summed E-state index contributed by atoms with van der Waals surface area (Å²) in [5.41, 5.74) is 0. The van der Waals surface area contributed by atoms with Crippen LogP contribution in [0.5, 0.6) is 5.75 Å². The number of ether oxygens (including phenoxy) is 1. The molecule has 18 heavy (non-hydrogen) atoms. The highest BCUT2D eigenvalue weighted by Crippen LogP contribution is 2.32. The number of aromatic nitrogens is 1. The Morgan fingerprint density at radius 3 is 2.67 bits per heavy atom. The molecular formula is C14H18N2O2. The van der Waals surface area contributed by atoms with Gasteiger partial charge < -0.3 is 9.64 Å². The zero-order valence-electron chi connectivity index (χ0n) is 10.4. The summed E-state index contributed by atoms with van der Waals surface area (Å²) in [6, 6.07) is 3.80. The Bertz CT molecular complexity index is 409. The van der Waals surface area contributed by atoms with Gasteiger partial charge in [0.05, 0.1) is 6.20 Å². The molecule has 2 heterocycles. The maximum absolute atomic E-state index is 11.9. The van der Waals surface area contributed by atoms with E-state index >= 15 is 0 Å². The largest absolute Gasteiger partial charge is 0.489 e. The normalized spacial score (nSPS) is 20.8. The second-order valence-electron chi connectivity index (χ2n) is 5.11. The number of amides is 1. The summed E-state index contributed by atoms with van der Waals surface area (Å²) < 4.78 is 5.86. The third kappa shape index (κ3) is 2.63. The van der Waals surface area contributed by atoms with Gasteiger partial charge in [0, 0.05) is 38.0 Å². The minimum Gasteiger partial charge on any atom is -0.489 e. The van der Waals surface area contributed by atoms with Crippen LogP contribution in [0.2, 0.25) is 0 Å². The molecule has 2 fully saturated rings. The van der Waals surface area contributed by atoms with Crippen molar-refractivity contribution in [2.75, 3.05) is 13.1 Å². The lowest BCUT2D eigenvalue weighted by atomic mass is 10.1. The first kappa shape index (κ1) is 11.5. The molecule has 1 amide bonds. The van der Waals surface area contributed by atoms with Crippen LogP contribution in [0.3, 0.4) is 0 Å². The van der Waals surface area contributed by atoms with E-state index in [4.69, 9.17) is 4.74 Å². The van der Waals surface area contributed by atoms with E-state index in [1.807, 2.05) is 17.0 Å². The van der Waals surface area contributed by atoms with E-state index in [2.05, 4.69) is 4.98 Å². The van der Waals surface area contributed by atoms with Gasteiger partial charge in [-0.25, -0.2) is 0 Å². The van der Waals surface area contributed by atoms with Crippen molar-refractivity contribution < 1.29 is 9.53 Å². The van der Waals surface area contributed by atoms with E-state index in [9.17, 15) is 4.79 Å². The minimum atomic E-state index is 0.220. The minimum absolute atomic E-state index is 0.220. The van der Waals surface area contributed by atoms with Crippen LogP contribution in [-0.4, -0.2) is 35.0 Å². The molecule has 1 aliphatic carbocycles. The number of pyridine rings is 1. The molecule has 1 aromatic heterocycles. The topological polar surface area (TPSA) is 42.4 Å². The number of likely N-dealkylation sites (tertiary alicyclic amines) is 1. The first-order valence-electron chi connectivity index (χ1n) is 6.68. The lowest BCUT2D eigenvalue weighted by molar-refractivity contribution is -0.134. The molecule has 4 nitrogen and oxygen atoms in total. The van der Waals surface area contributed by atoms with Crippen molar-refractivity contribution in [3.8, 4) is 5.75 Å². The van der Waals surface area contributed by atoms with Gasteiger partial charge in [0.25, 0.3) is 0 Å². The Kier molecular flexibility index (Phi) is 3.17. The quantitative estimate of drug-likeness (QED) is 0.817. The fourth-order valence-corrected chi connectivity index (χ4v) is 2.39. The molecule has 0 bridgehead atoms.